The maximum absolute atomic E-state index is 6.52. The zero-order valence-corrected chi connectivity index (χ0v) is 16.7. The first-order valence-electron chi connectivity index (χ1n) is 8.14. The normalized spacial score (nSPS) is 15.5. The van der Waals surface area contributed by atoms with Gasteiger partial charge in [-0.05, 0) is 60.7 Å². The van der Waals surface area contributed by atoms with Crippen LogP contribution in [0.1, 0.15) is 67.9 Å². The topological polar surface area (TPSA) is 49.2 Å². The second kappa shape index (κ2) is 7.33. The molecule has 1 atom stereocenters. The third-order valence-electron chi connectivity index (χ3n) is 3.29. The van der Waals surface area contributed by atoms with E-state index in [2.05, 4.69) is 51.5 Å². The molecule has 0 saturated carbocycles. The third-order valence-corrected chi connectivity index (χ3v) is 6.32. The smallest absolute Gasteiger partial charge is 0.177 e. The van der Waals surface area contributed by atoms with Gasteiger partial charge in [-0.2, -0.15) is 0 Å². The first kappa shape index (κ1) is 20.1. The Kier molecular flexibility index (Phi) is 6.42. The zero-order valence-electron chi connectivity index (χ0n) is 15.8. The maximum Gasteiger partial charge on any atom is 0.177 e. The molecule has 0 fully saturated rings. The van der Waals surface area contributed by atoms with Gasteiger partial charge in [0, 0.05) is 6.04 Å². The lowest BCUT2D eigenvalue weighted by molar-refractivity contribution is 0.0619. The van der Waals surface area contributed by atoms with Crippen LogP contribution in [0.3, 0.4) is 0 Å². The minimum atomic E-state index is -2.56. The van der Waals surface area contributed by atoms with Gasteiger partial charge in [-0.15, -0.1) is 5.10 Å². The summed E-state index contributed by atoms with van der Waals surface area (Å²) in [5, 5.41) is 8.59. The Morgan fingerprint density at radius 2 is 1.87 bits per heavy atom. The van der Waals surface area contributed by atoms with E-state index in [0.29, 0.717) is 0 Å². The fourth-order valence-electron chi connectivity index (χ4n) is 1.89. The average Bonchev–Trinajstić information content (AvgIpc) is 2.86. The van der Waals surface area contributed by atoms with Crippen LogP contribution in [0.2, 0.25) is 0 Å². The molecule has 0 aliphatic heterocycles. The molecule has 0 aliphatic rings. The van der Waals surface area contributed by atoms with Gasteiger partial charge in [0.05, 0.1) is 17.4 Å². The van der Waals surface area contributed by atoms with E-state index in [1.807, 2.05) is 37.4 Å². The SMILES string of the molecule is C=CC=P(OC(C)(C)C)(OC(C)(C)CC)c1cn(C(C)C)nn1. The number of rotatable bonds is 7. The molecule has 1 aromatic heterocycles. The lowest BCUT2D eigenvalue weighted by Crippen LogP contribution is -2.31. The highest BCUT2D eigenvalue weighted by Gasteiger charge is 2.36. The number of allylic oxidation sites excluding steroid dienone is 1. The lowest BCUT2D eigenvalue weighted by atomic mass is 10.1. The van der Waals surface area contributed by atoms with Crippen molar-refractivity contribution < 1.29 is 9.05 Å². The Bertz CT molecular complexity index is 583. The monoisotopic (exact) mass is 341 g/mol. The minimum absolute atomic E-state index is 0.232. The van der Waals surface area contributed by atoms with Crippen molar-refractivity contribution in [2.45, 2.75) is 79.1 Å². The molecule has 23 heavy (non-hydrogen) atoms. The van der Waals surface area contributed by atoms with Crippen molar-refractivity contribution in [2.75, 3.05) is 0 Å². The Balaban J connectivity index is 3.49. The Labute approximate surface area is 141 Å². The highest BCUT2D eigenvalue weighted by Crippen LogP contribution is 2.54. The van der Waals surface area contributed by atoms with E-state index < -0.39 is 7.34 Å². The third kappa shape index (κ3) is 5.59. The Morgan fingerprint density at radius 3 is 2.26 bits per heavy atom. The molecule has 0 N–H and O–H groups in total. The van der Waals surface area contributed by atoms with E-state index in [1.54, 1.807) is 6.08 Å². The van der Waals surface area contributed by atoms with Gasteiger partial charge in [0.15, 0.2) is 12.8 Å². The molecule has 5 nitrogen and oxygen atoms in total. The minimum Gasteiger partial charge on any atom is -0.327 e. The predicted molar refractivity (Wildman–Crippen MR) is 99.5 cm³/mol. The van der Waals surface area contributed by atoms with E-state index in [1.165, 1.54) is 0 Å². The van der Waals surface area contributed by atoms with Gasteiger partial charge in [0.25, 0.3) is 0 Å². The van der Waals surface area contributed by atoms with Crippen molar-refractivity contribution in [3.8, 4) is 0 Å². The number of aromatic nitrogens is 3. The first-order valence-corrected chi connectivity index (χ1v) is 9.83. The zero-order chi connectivity index (χ0) is 17.9. The molecule has 0 bridgehead atoms. The van der Waals surface area contributed by atoms with Crippen LogP contribution < -0.4 is 5.44 Å². The summed E-state index contributed by atoms with van der Waals surface area (Å²) in [4.78, 5) is 0. The molecule has 0 amide bonds. The first-order chi connectivity index (χ1) is 10.4. The fourth-order valence-corrected chi connectivity index (χ4v) is 4.79. The molecular weight excluding hydrogens is 309 g/mol. The quantitative estimate of drug-likeness (QED) is 0.692. The van der Waals surface area contributed by atoms with Crippen molar-refractivity contribution in [3.05, 3.63) is 18.9 Å². The molecular formula is C17H32N3O2P. The standard InChI is InChI=1S/C17H32N3O2P/c1-10-12-23(21-16(5,6)7,22-17(8,9)11-2)15-13-20(14(3)4)19-18-15/h10,12-14H,1,11H2,2-9H3. The molecule has 132 valence electrons. The summed E-state index contributed by atoms with van der Waals surface area (Å²) in [6.07, 6.45) is 4.53. The summed E-state index contributed by atoms with van der Waals surface area (Å²) in [5.41, 5.74) is 0.0290. The Hall–Kier alpha value is -0.900. The van der Waals surface area contributed by atoms with Crippen molar-refractivity contribution in [1.29, 1.82) is 0 Å². The van der Waals surface area contributed by atoms with Crippen molar-refractivity contribution in [1.82, 2.24) is 15.0 Å². The molecule has 1 rings (SSSR count). The molecule has 6 heteroatoms. The molecule has 0 saturated heterocycles. The summed E-state index contributed by atoms with van der Waals surface area (Å²) in [7, 11) is -2.56. The maximum atomic E-state index is 6.52. The van der Waals surface area contributed by atoms with Crippen LogP contribution in [0.4, 0.5) is 0 Å². The molecule has 0 radical (unpaired) electrons. The van der Waals surface area contributed by atoms with Gasteiger partial charge in [0.1, 0.15) is 0 Å². The number of hydrogen-bond acceptors (Lipinski definition) is 4. The summed E-state index contributed by atoms with van der Waals surface area (Å²) in [6.45, 7) is 20.3. The molecule has 1 aromatic rings. The van der Waals surface area contributed by atoms with Crippen molar-refractivity contribution >= 4 is 18.6 Å². The largest absolute Gasteiger partial charge is 0.327 e. The molecule has 1 heterocycles. The average molecular weight is 341 g/mol. The van der Waals surface area contributed by atoms with Crippen LogP contribution in [0.5, 0.6) is 0 Å². The van der Waals surface area contributed by atoms with Crippen LogP contribution in [0, 0.1) is 0 Å². The highest BCUT2D eigenvalue weighted by molar-refractivity contribution is 7.73. The predicted octanol–water partition coefficient (Wildman–Crippen LogP) is 4.34. The van der Waals surface area contributed by atoms with E-state index >= 15 is 0 Å². The van der Waals surface area contributed by atoms with Crippen LogP contribution in [-0.4, -0.2) is 32.0 Å². The molecule has 0 spiro atoms. The lowest BCUT2D eigenvalue weighted by Gasteiger charge is -2.37. The van der Waals surface area contributed by atoms with E-state index in [-0.39, 0.29) is 17.2 Å². The van der Waals surface area contributed by atoms with Crippen molar-refractivity contribution in [2.24, 2.45) is 0 Å². The highest BCUT2D eigenvalue weighted by atomic mass is 31.2. The van der Waals surface area contributed by atoms with Gasteiger partial charge >= 0.3 is 0 Å². The van der Waals surface area contributed by atoms with Gasteiger partial charge < -0.3 is 9.05 Å². The van der Waals surface area contributed by atoms with E-state index in [4.69, 9.17) is 9.05 Å². The summed E-state index contributed by atoms with van der Waals surface area (Å²) >= 11 is 0. The fraction of sp³-hybridized carbons (Fsp3) is 0.706. The van der Waals surface area contributed by atoms with Gasteiger partial charge in [-0.25, -0.2) is 4.68 Å². The van der Waals surface area contributed by atoms with Crippen LogP contribution in [-0.2, 0) is 9.05 Å². The second-order valence-electron chi connectivity index (χ2n) is 7.54. The van der Waals surface area contributed by atoms with Gasteiger partial charge in [-0.1, -0.05) is 24.8 Å². The van der Waals surface area contributed by atoms with Gasteiger partial charge in [0.2, 0.25) is 0 Å². The van der Waals surface area contributed by atoms with Crippen LogP contribution in [0.15, 0.2) is 18.9 Å². The number of hydrogen-bond donors (Lipinski definition) is 0. The summed E-state index contributed by atoms with van der Waals surface area (Å²) < 4.78 is 14.8. The molecule has 0 aliphatic carbocycles. The summed E-state index contributed by atoms with van der Waals surface area (Å²) in [6, 6.07) is 0.232. The molecule has 1 unspecified atom stereocenters. The van der Waals surface area contributed by atoms with Gasteiger partial charge in [-0.3, -0.25) is 0 Å². The Morgan fingerprint density at radius 1 is 1.26 bits per heavy atom. The summed E-state index contributed by atoms with van der Waals surface area (Å²) in [5.74, 6) is 1.92. The second-order valence-corrected chi connectivity index (χ2v) is 9.86. The van der Waals surface area contributed by atoms with E-state index in [9.17, 15) is 0 Å². The van der Waals surface area contributed by atoms with E-state index in [0.717, 1.165) is 11.9 Å². The van der Waals surface area contributed by atoms with Crippen molar-refractivity contribution in [3.63, 3.8) is 0 Å². The van der Waals surface area contributed by atoms with Crippen LogP contribution in [0.25, 0.3) is 0 Å². The number of nitrogens with zero attached hydrogens (tertiary/aromatic N) is 3. The molecule has 0 aromatic carbocycles. The van der Waals surface area contributed by atoms with Crippen LogP contribution >= 0.6 is 7.34 Å².